The van der Waals surface area contributed by atoms with Gasteiger partial charge >= 0.3 is 5.69 Å². The Hall–Kier alpha value is -2.04. The summed E-state index contributed by atoms with van der Waals surface area (Å²) in [6.07, 6.45) is 0. The van der Waals surface area contributed by atoms with Crippen molar-refractivity contribution in [3.8, 4) is 0 Å². The maximum Gasteiger partial charge on any atom is 0.326 e. The highest BCUT2D eigenvalue weighted by molar-refractivity contribution is 5.91. The van der Waals surface area contributed by atoms with Gasteiger partial charge in [-0.2, -0.15) is 0 Å². The molecular weight excluding hydrogens is 192 g/mol. The van der Waals surface area contributed by atoms with Crippen LogP contribution in [0, 0.1) is 6.92 Å². The first-order valence-electron chi connectivity index (χ1n) is 4.70. The molecule has 5 nitrogen and oxygen atoms in total. The largest absolute Gasteiger partial charge is 0.342 e. The molecule has 0 saturated carbocycles. The SMILES string of the molecule is Cc1nc2cc3c(cc2[nH]1)[nH]c(=O)n3C. The molecule has 0 aliphatic heterocycles. The van der Waals surface area contributed by atoms with Gasteiger partial charge in [-0.3, -0.25) is 4.57 Å². The number of nitrogens with zero attached hydrogens (tertiary/aromatic N) is 2. The first-order valence-corrected chi connectivity index (χ1v) is 4.70. The van der Waals surface area contributed by atoms with E-state index in [9.17, 15) is 4.79 Å². The Labute approximate surface area is 84.8 Å². The third kappa shape index (κ3) is 1.03. The number of H-pyrrole nitrogens is 2. The Balaban J connectivity index is 2.56. The highest BCUT2D eigenvalue weighted by Gasteiger charge is 2.06. The van der Waals surface area contributed by atoms with E-state index in [0.717, 1.165) is 27.9 Å². The maximum atomic E-state index is 11.4. The molecule has 5 heteroatoms. The molecule has 76 valence electrons. The highest BCUT2D eigenvalue weighted by Crippen LogP contribution is 2.18. The summed E-state index contributed by atoms with van der Waals surface area (Å²) < 4.78 is 1.58. The molecule has 0 aliphatic carbocycles. The number of hydrogen-bond donors (Lipinski definition) is 2. The highest BCUT2D eigenvalue weighted by atomic mass is 16.1. The molecule has 2 heterocycles. The average Bonchev–Trinajstić information content (AvgIpc) is 2.65. The molecule has 0 fully saturated rings. The van der Waals surface area contributed by atoms with E-state index in [0.29, 0.717) is 0 Å². The van der Waals surface area contributed by atoms with Crippen LogP contribution in [-0.4, -0.2) is 19.5 Å². The van der Waals surface area contributed by atoms with E-state index >= 15 is 0 Å². The van der Waals surface area contributed by atoms with Gasteiger partial charge in [-0.1, -0.05) is 0 Å². The molecule has 0 aliphatic rings. The Morgan fingerprint density at radius 3 is 2.87 bits per heavy atom. The number of aromatic nitrogens is 4. The number of aryl methyl sites for hydroxylation is 2. The standard InChI is InChI=1S/C10H10N4O/c1-5-11-6-3-8-9(4-7(6)12-5)14(2)10(15)13-8/h3-4H,1-2H3,(H,11,12)(H,13,15). The molecule has 0 amide bonds. The fourth-order valence-electron chi connectivity index (χ4n) is 1.86. The topological polar surface area (TPSA) is 66.5 Å². The maximum absolute atomic E-state index is 11.4. The van der Waals surface area contributed by atoms with Gasteiger partial charge in [0.2, 0.25) is 0 Å². The average molecular weight is 202 g/mol. The van der Waals surface area contributed by atoms with E-state index in [1.54, 1.807) is 11.6 Å². The molecule has 0 atom stereocenters. The van der Waals surface area contributed by atoms with Crippen molar-refractivity contribution in [3.63, 3.8) is 0 Å². The summed E-state index contributed by atoms with van der Waals surface area (Å²) in [5.74, 6) is 0.877. The molecule has 0 unspecified atom stereocenters. The minimum atomic E-state index is -0.102. The normalized spacial score (nSPS) is 11.6. The molecule has 1 aromatic carbocycles. The number of hydrogen-bond acceptors (Lipinski definition) is 2. The minimum Gasteiger partial charge on any atom is -0.342 e. The lowest BCUT2D eigenvalue weighted by Gasteiger charge is -1.92. The van der Waals surface area contributed by atoms with Crippen LogP contribution in [0.5, 0.6) is 0 Å². The van der Waals surface area contributed by atoms with Crippen molar-refractivity contribution in [2.75, 3.05) is 0 Å². The molecule has 0 bridgehead atoms. The molecular formula is C10H10N4O. The molecule has 3 aromatic rings. The van der Waals surface area contributed by atoms with Gasteiger partial charge in [-0.25, -0.2) is 9.78 Å². The molecule has 2 N–H and O–H groups in total. The lowest BCUT2D eigenvalue weighted by atomic mass is 10.3. The van der Waals surface area contributed by atoms with Gasteiger partial charge < -0.3 is 9.97 Å². The van der Waals surface area contributed by atoms with Gasteiger partial charge in [-0.05, 0) is 19.1 Å². The third-order valence-corrected chi connectivity index (χ3v) is 2.63. The zero-order valence-electron chi connectivity index (χ0n) is 8.46. The summed E-state index contributed by atoms with van der Waals surface area (Å²) in [7, 11) is 1.74. The van der Waals surface area contributed by atoms with Crippen LogP contribution in [0.4, 0.5) is 0 Å². The molecule has 0 saturated heterocycles. The second kappa shape index (κ2) is 2.50. The fourth-order valence-corrected chi connectivity index (χ4v) is 1.86. The van der Waals surface area contributed by atoms with Crippen LogP contribution in [0.3, 0.4) is 0 Å². The molecule has 15 heavy (non-hydrogen) atoms. The number of benzene rings is 1. The van der Waals surface area contributed by atoms with E-state index in [1.165, 1.54) is 0 Å². The monoisotopic (exact) mass is 202 g/mol. The predicted molar refractivity (Wildman–Crippen MR) is 57.9 cm³/mol. The smallest absolute Gasteiger partial charge is 0.326 e. The van der Waals surface area contributed by atoms with E-state index in [-0.39, 0.29) is 5.69 Å². The van der Waals surface area contributed by atoms with E-state index in [2.05, 4.69) is 15.0 Å². The Morgan fingerprint density at radius 2 is 2.07 bits per heavy atom. The Morgan fingerprint density at radius 1 is 1.27 bits per heavy atom. The van der Waals surface area contributed by atoms with Crippen molar-refractivity contribution >= 4 is 22.1 Å². The molecule has 2 aromatic heterocycles. The number of aromatic amines is 2. The minimum absolute atomic E-state index is 0.102. The fraction of sp³-hybridized carbons (Fsp3) is 0.200. The van der Waals surface area contributed by atoms with Crippen molar-refractivity contribution in [2.24, 2.45) is 7.05 Å². The Bertz CT molecular complexity index is 716. The van der Waals surface area contributed by atoms with Gasteiger partial charge in [0.25, 0.3) is 0 Å². The zero-order valence-corrected chi connectivity index (χ0v) is 8.46. The van der Waals surface area contributed by atoms with Gasteiger partial charge in [0.15, 0.2) is 0 Å². The van der Waals surface area contributed by atoms with Crippen molar-refractivity contribution in [1.82, 2.24) is 19.5 Å². The number of rotatable bonds is 0. The molecule has 3 rings (SSSR count). The van der Waals surface area contributed by atoms with Gasteiger partial charge in [0.1, 0.15) is 5.82 Å². The van der Waals surface area contributed by atoms with Crippen LogP contribution in [0.25, 0.3) is 22.1 Å². The lowest BCUT2D eigenvalue weighted by molar-refractivity contribution is 0.892. The first-order chi connectivity index (χ1) is 7.15. The molecule has 0 radical (unpaired) electrons. The first kappa shape index (κ1) is 8.28. The number of imidazole rings is 2. The summed E-state index contributed by atoms with van der Waals surface area (Å²) in [6, 6.07) is 3.82. The third-order valence-electron chi connectivity index (χ3n) is 2.63. The summed E-state index contributed by atoms with van der Waals surface area (Å²) in [5.41, 5.74) is 3.43. The second-order valence-corrected chi connectivity index (χ2v) is 3.70. The summed E-state index contributed by atoms with van der Waals surface area (Å²) >= 11 is 0. The second-order valence-electron chi connectivity index (χ2n) is 3.70. The summed E-state index contributed by atoms with van der Waals surface area (Å²) in [4.78, 5) is 21.6. The lowest BCUT2D eigenvalue weighted by Crippen LogP contribution is -2.11. The summed E-state index contributed by atoms with van der Waals surface area (Å²) in [6.45, 7) is 1.91. The van der Waals surface area contributed by atoms with Crippen molar-refractivity contribution in [1.29, 1.82) is 0 Å². The summed E-state index contributed by atoms with van der Waals surface area (Å²) in [5, 5.41) is 0. The van der Waals surface area contributed by atoms with Crippen LogP contribution < -0.4 is 5.69 Å². The zero-order chi connectivity index (χ0) is 10.6. The van der Waals surface area contributed by atoms with Gasteiger partial charge in [0, 0.05) is 7.05 Å². The van der Waals surface area contributed by atoms with Crippen LogP contribution in [0.15, 0.2) is 16.9 Å². The number of nitrogens with one attached hydrogen (secondary N) is 2. The van der Waals surface area contributed by atoms with Crippen LogP contribution in [0.1, 0.15) is 5.82 Å². The van der Waals surface area contributed by atoms with E-state index < -0.39 is 0 Å². The Kier molecular flexibility index (Phi) is 1.38. The van der Waals surface area contributed by atoms with Crippen molar-refractivity contribution < 1.29 is 0 Å². The van der Waals surface area contributed by atoms with E-state index in [4.69, 9.17) is 0 Å². The van der Waals surface area contributed by atoms with Crippen molar-refractivity contribution in [3.05, 3.63) is 28.4 Å². The van der Waals surface area contributed by atoms with Crippen LogP contribution in [0.2, 0.25) is 0 Å². The van der Waals surface area contributed by atoms with E-state index in [1.807, 2.05) is 19.1 Å². The van der Waals surface area contributed by atoms with Gasteiger partial charge in [0.05, 0.1) is 22.1 Å². The predicted octanol–water partition coefficient (Wildman–Crippen LogP) is 1.05. The van der Waals surface area contributed by atoms with Crippen LogP contribution >= 0.6 is 0 Å². The van der Waals surface area contributed by atoms with Crippen LogP contribution in [-0.2, 0) is 7.05 Å². The van der Waals surface area contributed by atoms with Gasteiger partial charge in [-0.15, -0.1) is 0 Å². The van der Waals surface area contributed by atoms with Crippen molar-refractivity contribution in [2.45, 2.75) is 6.92 Å². The quantitative estimate of drug-likeness (QED) is 0.572. The molecule has 0 spiro atoms. The number of fused-ring (bicyclic) bond motifs is 2.